The number of halogens is 1. The highest BCUT2D eigenvalue weighted by Gasteiger charge is 2.24. The fraction of sp³-hybridized carbons (Fsp3) is 0.263. The molecule has 8 nitrogen and oxygen atoms in total. The van der Waals surface area contributed by atoms with Gasteiger partial charge in [-0.15, -0.1) is 0 Å². The first-order chi connectivity index (χ1) is 13.7. The van der Waals surface area contributed by atoms with Gasteiger partial charge in [0.25, 0.3) is 0 Å². The number of pyridine rings is 2. The topological polar surface area (TPSA) is 95.6 Å². The number of anilines is 1. The van der Waals surface area contributed by atoms with E-state index in [9.17, 15) is 4.39 Å². The Hall–Kier alpha value is -3.33. The Kier molecular flexibility index (Phi) is 4.01. The van der Waals surface area contributed by atoms with Crippen molar-refractivity contribution in [3.05, 3.63) is 42.6 Å². The van der Waals surface area contributed by atoms with Gasteiger partial charge in [0.05, 0.1) is 24.9 Å². The van der Waals surface area contributed by atoms with E-state index < -0.39 is 5.95 Å². The van der Waals surface area contributed by atoms with Gasteiger partial charge in [0, 0.05) is 30.1 Å². The summed E-state index contributed by atoms with van der Waals surface area (Å²) < 4.78 is 20.1. The van der Waals surface area contributed by atoms with Crippen LogP contribution in [0, 0.1) is 5.95 Å². The van der Waals surface area contributed by atoms with E-state index in [2.05, 4.69) is 37.2 Å². The molecule has 2 N–H and O–H groups in total. The lowest BCUT2D eigenvalue weighted by Gasteiger charge is -2.34. The number of aromatic nitrogens is 6. The van der Waals surface area contributed by atoms with E-state index in [1.54, 1.807) is 18.3 Å². The van der Waals surface area contributed by atoms with Crippen LogP contribution in [0.4, 0.5) is 10.2 Å². The molecule has 0 bridgehead atoms. The molecule has 0 saturated carbocycles. The van der Waals surface area contributed by atoms with Crippen LogP contribution in [0.3, 0.4) is 0 Å². The number of H-pyrrole nitrogens is 2. The van der Waals surface area contributed by atoms with Crippen molar-refractivity contribution in [2.75, 3.05) is 24.7 Å². The molecule has 1 saturated heterocycles. The first-order valence-corrected chi connectivity index (χ1v) is 9.06. The van der Waals surface area contributed by atoms with Gasteiger partial charge in [-0.25, -0.2) is 9.97 Å². The Labute approximate surface area is 159 Å². The summed E-state index contributed by atoms with van der Waals surface area (Å²) in [6, 6.07) is 7.29. The molecule has 1 unspecified atom stereocenters. The minimum atomic E-state index is -0.540. The van der Waals surface area contributed by atoms with Crippen molar-refractivity contribution in [1.82, 2.24) is 30.4 Å². The Morgan fingerprint density at radius 2 is 2.11 bits per heavy atom. The van der Waals surface area contributed by atoms with Crippen molar-refractivity contribution in [2.45, 2.75) is 13.0 Å². The Morgan fingerprint density at radius 3 is 2.89 bits per heavy atom. The summed E-state index contributed by atoms with van der Waals surface area (Å²) in [4.78, 5) is 10.8. The first kappa shape index (κ1) is 16.8. The molecule has 1 aliphatic rings. The maximum Gasteiger partial charge on any atom is 0.220 e. The molecule has 1 aliphatic heterocycles. The number of nitrogens with one attached hydrogen (secondary N) is 2. The fourth-order valence-electron chi connectivity index (χ4n) is 3.57. The fourth-order valence-corrected chi connectivity index (χ4v) is 3.57. The number of nitrogens with zero attached hydrogens (tertiary/aromatic N) is 5. The lowest BCUT2D eigenvalue weighted by molar-refractivity contribution is 0.0986. The maximum atomic E-state index is 14.5. The highest BCUT2D eigenvalue weighted by molar-refractivity contribution is 5.99. The molecule has 0 spiro atoms. The molecule has 1 atom stereocenters. The van der Waals surface area contributed by atoms with Gasteiger partial charge in [0.2, 0.25) is 5.95 Å². The van der Waals surface area contributed by atoms with Crippen LogP contribution < -0.4 is 4.90 Å². The van der Waals surface area contributed by atoms with Gasteiger partial charge in [0.15, 0.2) is 0 Å². The summed E-state index contributed by atoms with van der Waals surface area (Å²) in [6.07, 6.45) is 3.10. The van der Waals surface area contributed by atoms with Crippen molar-refractivity contribution in [3.63, 3.8) is 0 Å². The van der Waals surface area contributed by atoms with E-state index in [0.717, 1.165) is 11.5 Å². The van der Waals surface area contributed by atoms with Gasteiger partial charge in [0.1, 0.15) is 22.5 Å². The van der Waals surface area contributed by atoms with Crippen molar-refractivity contribution < 1.29 is 9.13 Å². The van der Waals surface area contributed by atoms with Gasteiger partial charge >= 0.3 is 0 Å². The lowest BCUT2D eigenvalue weighted by atomic mass is 10.1. The zero-order valence-electron chi connectivity index (χ0n) is 15.2. The SMILES string of the molecule is CC1COCCN1c1cc(-c2cccnc2F)c2n[nH]c(-c3ccn[nH]3)c2n1. The maximum absolute atomic E-state index is 14.5. The van der Waals surface area contributed by atoms with Gasteiger partial charge in [-0.2, -0.15) is 14.6 Å². The van der Waals surface area contributed by atoms with Crippen LogP contribution in [-0.2, 0) is 4.74 Å². The van der Waals surface area contributed by atoms with Gasteiger partial charge in [-0.05, 0) is 31.2 Å². The molecule has 0 aliphatic carbocycles. The summed E-state index contributed by atoms with van der Waals surface area (Å²) in [5, 5.41) is 14.4. The molecule has 4 aromatic heterocycles. The lowest BCUT2D eigenvalue weighted by Crippen LogP contribution is -2.44. The summed E-state index contributed by atoms with van der Waals surface area (Å²) in [6.45, 7) is 4.04. The van der Waals surface area contributed by atoms with Crippen molar-refractivity contribution in [3.8, 4) is 22.5 Å². The third kappa shape index (κ3) is 2.71. The normalized spacial score (nSPS) is 17.4. The monoisotopic (exact) mass is 379 g/mol. The number of ether oxygens (including phenoxy) is 1. The number of aromatic amines is 2. The van der Waals surface area contributed by atoms with E-state index >= 15 is 0 Å². The predicted octanol–water partition coefficient (Wildman–Crippen LogP) is 2.77. The number of fused-ring (bicyclic) bond motifs is 1. The van der Waals surface area contributed by atoms with E-state index in [4.69, 9.17) is 9.72 Å². The molecule has 5 heterocycles. The molecular weight excluding hydrogens is 361 g/mol. The first-order valence-electron chi connectivity index (χ1n) is 9.06. The van der Waals surface area contributed by atoms with E-state index in [-0.39, 0.29) is 6.04 Å². The number of hydrogen-bond donors (Lipinski definition) is 2. The average molecular weight is 379 g/mol. The van der Waals surface area contributed by atoms with Crippen molar-refractivity contribution in [1.29, 1.82) is 0 Å². The summed E-state index contributed by atoms with van der Waals surface area (Å²) >= 11 is 0. The van der Waals surface area contributed by atoms with Crippen LogP contribution in [0.5, 0.6) is 0 Å². The minimum absolute atomic E-state index is 0.160. The quantitative estimate of drug-likeness (QED) is 0.532. The summed E-state index contributed by atoms with van der Waals surface area (Å²) in [5.74, 6) is 0.214. The molecule has 1 fully saturated rings. The Balaban J connectivity index is 1.77. The molecule has 9 heteroatoms. The standard InChI is InChI=1S/C19H18FN7O/c1-11-10-28-8-7-27(11)15-9-13(12-3-2-5-21-19(12)20)16-18(23-15)17(26-25-16)14-4-6-22-24-14/h2-6,9,11H,7-8,10H2,1H3,(H,22,24)(H,25,26). The predicted molar refractivity (Wildman–Crippen MR) is 102 cm³/mol. The van der Waals surface area contributed by atoms with Crippen molar-refractivity contribution in [2.24, 2.45) is 0 Å². The van der Waals surface area contributed by atoms with Crippen LogP contribution in [0.2, 0.25) is 0 Å². The molecule has 0 radical (unpaired) electrons. The van der Waals surface area contributed by atoms with Crippen LogP contribution in [-0.4, -0.2) is 56.2 Å². The van der Waals surface area contributed by atoms with Gasteiger partial charge in [-0.3, -0.25) is 10.2 Å². The van der Waals surface area contributed by atoms with E-state index in [1.807, 2.05) is 12.1 Å². The highest BCUT2D eigenvalue weighted by Crippen LogP contribution is 2.35. The summed E-state index contributed by atoms with van der Waals surface area (Å²) in [5.41, 5.74) is 3.74. The largest absolute Gasteiger partial charge is 0.377 e. The van der Waals surface area contributed by atoms with E-state index in [1.165, 1.54) is 6.20 Å². The third-order valence-electron chi connectivity index (χ3n) is 4.98. The Bertz CT molecular complexity index is 1120. The Morgan fingerprint density at radius 1 is 1.18 bits per heavy atom. The molecule has 28 heavy (non-hydrogen) atoms. The van der Waals surface area contributed by atoms with Crippen LogP contribution in [0.15, 0.2) is 36.7 Å². The number of morpholine rings is 1. The zero-order valence-corrected chi connectivity index (χ0v) is 15.2. The molecule has 0 amide bonds. The van der Waals surface area contributed by atoms with Gasteiger partial charge in [-0.1, -0.05) is 0 Å². The van der Waals surface area contributed by atoms with Crippen molar-refractivity contribution >= 4 is 16.9 Å². The smallest absolute Gasteiger partial charge is 0.220 e. The second-order valence-corrected chi connectivity index (χ2v) is 6.75. The van der Waals surface area contributed by atoms with Crippen LogP contribution in [0.1, 0.15) is 6.92 Å². The second kappa shape index (κ2) is 6.68. The average Bonchev–Trinajstić information content (AvgIpc) is 3.37. The molecule has 0 aromatic carbocycles. The summed E-state index contributed by atoms with van der Waals surface area (Å²) in [7, 11) is 0. The zero-order chi connectivity index (χ0) is 19.1. The minimum Gasteiger partial charge on any atom is -0.377 e. The highest BCUT2D eigenvalue weighted by atomic mass is 19.1. The molecule has 5 rings (SSSR count). The van der Waals surface area contributed by atoms with E-state index in [0.29, 0.717) is 47.6 Å². The second-order valence-electron chi connectivity index (χ2n) is 6.75. The molecule has 4 aromatic rings. The van der Waals surface area contributed by atoms with Crippen LogP contribution in [0.25, 0.3) is 33.5 Å². The van der Waals surface area contributed by atoms with Crippen LogP contribution >= 0.6 is 0 Å². The molecule has 142 valence electrons. The molecular formula is C19H18FN7O. The third-order valence-corrected chi connectivity index (χ3v) is 4.98. The number of hydrogen-bond acceptors (Lipinski definition) is 6. The van der Waals surface area contributed by atoms with Gasteiger partial charge < -0.3 is 9.64 Å². The number of rotatable bonds is 3.